The largest absolute Gasteiger partial charge is 0.213 e. The minimum Gasteiger partial charge on any atom is -0.213 e. The summed E-state index contributed by atoms with van der Waals surface area (Å²) < 4.78 is 24.0. The third kappa shape index (κ3) is 2.84. The van der Waals surface area contributed by atoms with E-state index in [0.29, 0.717) is 4.86 Å². The standard InChI is InChI=1S/C7H8NO2S2/c1-12(9,10)8-6-4-2-3-5-7(6)11/h2-4,6,8H,1H3. The van der Waals surface area contributed by atoms with Crippen molar-refractivity contribution >= 4 is 27.1 Å². The molecule has 0 heterocycles. The Balaban J connectivity index is 2.72. The first-order chi connectivity index (χ1) is 5.49. The second kappa shape index (κ2) is 3.47. The predicted octanol–water partition coefficient (Wildman–Crippen LogP) is 0.203. The van der Waals surface area contributed by atoms with Gasteiger partial charge in [0, 0.05) is 4.86 Å². The summed E-state index contributed by atoms with van der Waals surface area (Å²) in [4.78, 5) is 0.461. The highest BCUT2D eigenvalue weighted by Crippen LogP contribution is 2.01. The van der Waals surface area contributed by atoms with Gasteiger partial charge in [0.15, 0.2) is 0 Å². The second-order valence-corrected chi connectivity index (χ2v) is 4.65. The number of allylic oxidation sites excluding steroid dienone is 2. The van der Waals surface area contributed by atoms with E-state index < -0.39 is 16.1 Å². The highest BCUT2D eigenvalue weighted by atomic mass is 32.2. The lowest BCUT2D eigenvalue weighted by Crippen LogP contribution is -2.38. The Hall–Kier alpha value is -0.520. The van der Waals surface area contributed by atoms with Crippen molar-refractivity contribution in [2.45, 2.75) is 6.04 Å². The number of hydrogen-bond acceptors (Lipinski definition) is 3. The van der Waals surface area contributed by atoms with Gasteiger partial charge in [-0.3, -0.25) is 0 Å². The van der Waals surface area contributed by atoms with E-state index in [0.717, 1.165) is 6.26 Å². The zero-order valence-electron chi connectivity index (χ0n) is 6.44. The molecule has 0 spiro atoms. The SMILES string of the molecule is CS(=O)(=O)NC1C=CC=[C]C1=S. The Morgan fingerprint density at radius 3 is 2.83 bits per heavy atom. The zero-order valence-corrected chi connectivity index (χ0v) is 8.08. The molecule has 0 aliphatic heterocycles. The van der Waals surface area contributed by atoms with Gasteiger partial charge < -0.3 is 0 Å². The van der Waals surface area contributed by atoms with Crippen molar-refractivity contribution in [1.82, 2.24) is 4.72 Å². The van der Waals surface area contributed by atoms with E-state index in [4.69, 9.17) is 12.2 Å². The normalized spacial score (nSPS) is 23.1. The Morgan fingerprint density at radius 1 is 1.67 bits per heavy atom. The molecular weight excluding hydrogens is 194 g/mol. The van der Waals surface area contributed by atoms with Crippen LogP contribution >= 0.6 is 12.2 Å². The van der Waals surface area contributed by atoms with E-state index in [1.165, 1.54) is 0 Å². The van der Waals surface area contributed by atoms with Crippen LogP contribution in [0.4, 0.5) is 0 Å². The lowest BCUT2D eigenvalue weighted by molar-refractivity contribution is 0.588. The summed E-state index contributed by atoms with van der Waals surface area (Å²) in [5.41, 5.74) is 0. The molecule has 0 saturated carbocycles. The van der Waals surface area contributed by atoms with Crippen LogP contribution in [0, 0.1) is 6.08 Å². The fourth-order valence-corrected chi connectivity index (χ4v) is 1.74. The first-order valence-electron chi connectivity index (χ1n) is 3.27. The maximum atomic E-state index is 10.8. The molecule has 1 radical (unpaired) electrons. The van der Waals surface area contributed by atoms with Gasteiger partial charge in [0.2, 0.25) is 10.0 Å². The van der Waals surface area contributed by atoms with Gasteiger partial charge in [-0.2, -0.15) is 0 Å². The first kappa shape index (κ1) is 9.57. The first-order valence-corrected chi connectivity index (χ1v) is 5.57. The summed E-state index contributed by atoms with van der Waals surface area (Å²) in [6.07, 6.45) is 8.89. The van der Waals surface area contributed by atoms with E-state index in [1.807, 2.05) is 0 Å². The fourth-order valence-electron chi connectivity index (χ4n) is 0.798. The Morgan fingerprint density at radius 2 is 2.33 bits per heavy atom. The van der Waals surface area contributed by atoms with E-state index in [9.17, 15) is 8.42 Å². The molecule has 3 nitrogen and oxygen atoms in total. The van der Waals surface area contributed by atoms with Crippen LogP contribution in [0.1, 0.15) is 0 Å². The van der Waals surface area contributed by atoms with Gasteiger partial charge >= 0.3 is 0 Å². The van der Waals surface area contributed by atoms with Crippen LogP contribution in [0.2, 0.25) is 0 Å². The quantitative estimate of drug-likeness (QED) is 0.651. The average molecular weight is 202 g/mol. The molecule has 0 saturated heterocycles. The van der Waals surface area contributed by atoms with Gasteiger partial charge in [-0.1, -0.05) is 30.4 Å². The molecule has 1 aliphatic rings. The molecule has 0 bridgehead atoms. The van der Waals surface area contributed by atoms with Crippen LogP contribution in [0.5, 0.6) is 0 Å². The van der Waals surface area contributed by atoms with Crippen molar-refractivity contribution in [3.63, 3.8) is 0 Å². The molecule has 12 heavy (non-hydrogen) atoms. The highest BCUT2D eigenvalue weighted by Gasteiger charge is 2.15. The zero-order chi connectivity index (χ0) is 9.19. The Labute approximate surface area is 77.2 Å². The minimum atomic E-state index is -3.20. The van der Waals surface area contributed by atoms with Crippen LogP contribution in [0.3, 0.4) is 0 Å². The molecule has 0 aromatic rings. The molecule has 0 amide bonds. The molecule has 5 heteroatoms. The van der Waals surface area contributed by atoms with E-state index in [1.54, 1.807) is 18.2 Å². The maximum absolute atomic E-state index is 10.8. The van der Waals surface area contributed by atoms with Crippen molar-refractivity contribution in [3.8, 4) is 0 Å². The molecule has 65 valence electrons. The van der Waals surface area contributed by atoms with Crippen molar-refractivity contribution in [2.75, 3.05) is 6.26 Å². The average Bonchev–Trinajstić information content (AvgIpc) is 1.91. The molecule has 0 aromatic heterocycles. The van der Waals surface area contributed by atoms with Crippen molar-refractivity contribution in [1.29, 1.82) is 0 Å². The van der Waals surface area contributed by atoms with Gasteiger partial charge in [-0.15, -0.1) is 0 Å². The summed E-state index contributed by atoms with van der Waals surface area (Å²) in [7, 11) is -3.20. The molecule has 1 aliphatic carbocycles. The summed E-state index contributed by atoms with van der Waals surface area (Å²) in [6.45, 7) is 0. The fraction of sp³-hybridized carbons (Fsp3) is 0.286. The summed E-state index contributed by atoms with van der Waals surface area (Å²) in [5.74, 6) is 0. The van der Waals surface area contributed by atoms with E-state index in [-0.39, 0.29) is 0 Å². The monoisotopic (exact) mass is 202 g/mol. The Bertz CT molecular complexity index is 340. The number of rotatable bonds is 2. The number of sulfonamides is 1. The van der Waals surface area contributed by atoms with Gasteiger partial charge in [-0.05, 0) is 6.08 Å². The molecule has 1 atom stereocenters. The topological polar surface area (TPSA) is 46.2 Å². The van der Waals surface area contributed by atoms with Crippen molar-refractivity contribution in [2.24, 2.45) is 0 Å². The molecule has 1 rings (SSSR count). The Kier molecular flexibility index (Phi) is 2.76. The molecule has 1 unspecified atom stereocenters. The minimum absolute atomic E-state index is 0.417. The van der Waals surface area contributed by atoms with Crippen LogP contribution < -0.4 is 4.72 Å². The lowest BCUT2D eigenvalue weighted by Gasteiger charge is -2.13. The van der Waals surface area contributed by atoms with Crippen LogP contribution in [-0.4, -0.2) is 25.6 Å². The van der Waals surface area contributed by atoms with Crippen molar-refractivity contribution in [3.05, 3.63) is 24.3 Å². The number of thiocarbonyl (C=S) groups is 1. The lowest BCUT2D eigenvalue weighted by atomic mass is 10.1. The summed E-state index contributed by atoms with van der Waals surface area (Å²) in [5, 5.41) is 0. The number of hydrogen-bond donors (Lipinski definition) is 1. The third-order valence-corrected chi connectivity index (χ3v) is 2.30. The third-order valence-electron chi connectivity index (χ3n) is 1.25. The van der Waals surface area contributed by atoms with Crippen LogP contribution in [0.15, 0.2) is 18.2 Å². The van der Waals surface area contributed by atoms with Crippen LogP contribution in [-0.2, 0) is 10.0 Å². The summed E-state index contributed by atoms with van der Waals surface area (Å²) >= 11 is 4.87. The highest BCUT2D eigenvalue weighted by molar-refractivity contribution is 7.89. The van der Waals surface area contributed by atoms with Gasteiger partial charge in [-0.25, -0.2) is 13.1 Å². The summed E-state index contributed by atoms with van der Waals surface area (Å²) in [6, 6.07) is -0.417. The van der Waals surface area contributed by atoms with Crippen molar-refractivity contribution < 1.29 is 8.42 Å². The van der Waals surface area contributed by atoms with Gasteiger partial charge in [0.05, 0.1) is 12.3 Å². The molecule has 0 aromatic carbocycles. The second-order valence-electron chi connectivity index (χ2n) is 2.43. The van der Waals surface area contributed by atoms with Crippen LogP contribution in [0.25, 0.3) is 0 Å². The van der Waals surface area contributed by atoms with E-state index >= 15 is 0 Å². The molecule has 0 fully saturated rings. The molecular formula is C7H8NO2S2. The maximum Gasteiger partial charge on any atom is 0.209 e. The van der Waals surface area contributed by atoms with Gasteiger partial charge in [0.25, 0.3) is 0 Å². The smallest absolute Gasteiger partial charge is 0.209 e. The predicted molar refractivity (Wildman–Crippen MR) is 51.3 cm³/mol. The number of nitrogens with one attached hydrogen (secondary N) is 1. The van der Waals surface area contributed by atoms with E-state index in [2.05, 4.69) is 10.8 Å². The molecule has 1 N–H and O–H groups in total. The van der Waals surface area contributed by atoms with Gasteiger partial charge in [0.1, 0.15) is 0 Å².